The van der Waals surface area contributed by atoms with Crippen LogP contribution in [0.4, 0.5) is 0 Å². The van der Waals surface area contributed by atoms with Gasteiger partial charge < -0.3 is 10.2 Å². The second kappa shape index (κ2) is 6.80. The number of halogens is 1. The van der Waals surface area contributed by atoms with E-state index in [-0.39, 0.29) is 18.3 Å². The molecule has 4 heteroatoms. The number of piperidine rings is 2. The van der Waals surface area contributed by atoms with E-state index in [1.165, 1.54) is 31.2 Å². The lowest BCUT2D eigenvalue weighted by Gasteiger charge is -2.44. The summed E-state index contributed by atoms with van der Waals surface area (Å²) in [6.07, 6.45) is 4.90. The summed E-state index contributed by atoms with van der Waals surface area (Å²) >= 11 is 0. The molecule has 1 aromatic carbocycles. The van der Waals surface area contributed by atoms with E-state index in [1.807, 2.05) is 29.2 Å². The lowest BCUT2D eigenvalue weighted by molar-refractivity contribution is 0.0496. The number of hydrogen-bond acceptors (Lipinski definition) is 2. The summed E-state index contributed by atoms with van der Waals surface area (Å²) < 4.78 is 0. The molecular formula is C17H25ClN2O. The van der Waals surface area contributed by atoms with Crippen molar-refractivity contribution in [2.45, 2.75) is 32.6 Å². The molecule has 0 aliphatic carbocycles. The molecule has 0 radical (unpaired) electrons. The van der Waals surface area contributed by atoms with Gasteiger partial charge in [0, 0.05) is 18.7 Å². The van der Waals surface area contributed by atoms with Gasteiger partial charge in [-0.1, -0.05) is 17.7 Å². The Morgan fingerprint density at radius 2 is 1.62 bits per heavy atom. The summed E-state index contributed by atoms with van der Waals surface area (Å²) in [6.45, 7) is 6.19. The Balaban J connectivity index is 0.00000161. The average molecular weight is 309 g/mol. The molecule has 0 bridgehead atoms. The molecule has 1 N–H and O–H groups in total. The molecule has 21 heavy (non-hydrogen) atoms. The lowest BCUT2D eigenvalue weighted by atomic mass is 9.71. The number of aryl methyl sites for hydroxylation is 1. The van der Waals surface area contributed by atoms with Crippen LogP contribution in [-0.4, -0.2) is 37.0 Å². The van der Waals surface area contributed by atoms with E-state index < -0.39 is 0 Å². The summed E-state index contributed by atoms with van der Waals surface area (Å²) in [6, 6.07) is 7.94. The largest absolute Gasteiger partial charge is 0.339 e. The minimum atomic E-state index is 0. The normalized spacial score (nSPS) is 20.9. The Morgan fingerprint density at radius 1 is 1.05 bits per heavy atom. The van der Waals surface area contributed by atoms with Gasteiger partial charge in [-0.25, -0.2) is 0 Å². The van der Waals surface area contributed by atoms with Crippen LogP contribution in [0.3, 0.4) is 0 Å². The summed E-state index contributed by atoms with van der Waals surface area (Å²) in [5.41, 5.74) is 2.54. The number of nitrogens with one attached hydrogen (secondary N) is 1. The van der Waals surface area contributed by atoms with Gasteiger partial charge in [0.05, 0.1) is 0 Å². The first-order valence-electron chi connectivity index (χ1n) is 7.75. The summed E-state index contributed by atoms with van der Waals surface area (Å²) in [7, 11) is 0. The fraction of sp³-hybridized carbons (Fsp3) is 0.588. The van der Waals surface area contributed by atoms with Crippen LogP contribution in [0.1, 0.15) is 41.6 Å². The molecule has 1 aromatic rings. The van der Waals surface area contributed by atoms with Crippen LogP contribution in [0.25, 0.3) is 0 Å². The number of hydrogen-bond donors (Lipinski definition) is 1. The number of rotatable bonds is 1. The van der Waals surface area contributed by atoms with E-state index in [1.54, 1.807) is 0 Å². The summed E-state index contributed by atoms with van der Waals surface area (Å²) in [4.78, 5) is 14.5. The second-order valence-corrected chi connectivity index (χ2v) is 6.41. The lowest BCUT2D eigenvalue weighted by Crippen LogP contribution is -2.47. The van der Waals surface area contributed by atoms with Crippen molar-refractivity contribution in [3.05, 3.63) is 35.4 Å². The summed E-state index contributed by atoms with van der Waals surface area (Å²) in [5.74, 6) is 0.203. The van der Waals surface area contributed by atoms with Crippen LogP contribution in [0.2, 0.25) is 0 Å². The van der Waals surface area contributed by atoms with Gasteiger partial charge in [-0.15, -0.1) is 12.4 Å². The Kier molecular flexibility index (Phi) is 5.28. The van der Waals surface area contributed by atoms with Crippen LogP contribution in [0.5, 0.6) is 0 Å². The third kappa shape index (κ3) is 3.58. The highest BCUT2D eigenvalue weighted by atomic mass is 35.5. The highest BCUT2D eigenvalue weighted by Gasteiger charge is 2.36. The standard InChI is InChI=1S/C17H24N2O.ClH/c1-14-2-4-15(5-3-14)16(20)19-12-8-17(9-13-19)6-10-18-11-7-17;/h2-5,18H,6-13H2,1H3;1H. The van der Waals surface area contributed by atoms with Crippen LogP contribution in [0, 0.1) is 12.3 Å². The van der Waals surface area contributed by atoms with Gasteiger partial charge in [-0.2, -0.15) is 0 Å². The van der Waals surface area contributed by atoms with Gasteiger partial charge in [0.2, 0.25) is 0 Å². The fourth-order valence-corrected chi connectivity index (χ4v) is 3.52. The predicted molar refractivity (Wildman–Crippen MR) is 88.1 cm³/mol. The quantitative estimate of drug-likeness (QED) is 0.865. The van der Waals surface area contributed by atoms with Crippen molar-refractivity contribution < 1.29 is 4.79 Å². The molecule has 0 atom stereocenters. The van der Waals surface area contributed by atoms with Gasteiger partial charge in [-0.05, 0) is 63.2 Å². The van der Waals surface area contributed by atoms with Gasteiger partial charge in [0.25, 0.3) is 5.91 Å². The number of likely N-dealkylation sites (tertiary alicyclic amines) is 1. The highest BCUT2D eigenvalue weighted by molar-refractivity contribution is 5.94. The second-order valence-electron chi connectivity index (χ2n) is 6.41. The molecule has 1 spiro atoms. The maximum Gasteiger partial charge on any atom is 0.253 e. The smallest absolute Gasteiger partial charge is 0.253 e. The number of amides is 1. The maximum atomic E-state index is 12.5. The van der Waals surface area contributed by atoms with Crippen LogP contribution >= 0.6 is 12.4 Å². The van der Waals surface area contributed by atoms with Crippen LogP contribution < -0.4 is 5.32 Å². The first kappa shape index (κ1) is 16.3. The van der Waals surface area contributed by atoms with Crippen molar-refractivity contribution in [1.29, 1.82) is 0 Å². The number of carbonyl (C=O) groups is 1. The predicted octanol–water partition coefficient (Wildman–Crippen LogP) is 3.02. The number of benzene rings is 1. The molecule has 116 valence electrons. The summed E-state index contributed by atoms with van der Waals surface area (Å²) in [5, 5.41) is 3.44. The maximum absolute atomic E-state index is 12.5. The molecule has 1 amide bonds. The molecule has 2 heterocycles. The molecule has 3 nitrogen and oxygen atoms in total. The highest BCUT2D eigenvalue weighted by Crippen LogP contribution is 2.39. The van der Waals surface area contributed by atoms with Crippen molar-refractivity contribution in [3.8, 4) is 0 Å². The van der Waals surface area contributed by atoms with E-state index >= 15 is 0 Å². The number of carbonyl (C=O) groups excluding carboxylic acids is 1. The monoisotopic (exact) mass is 308 g/mol. The van der Waals surface area contributed by atoms with E-state index in [0.29, 0.717) is 5.41 Å². The van der Waals surface area contributed by atoms with Crippen molar-refractivity contribution in [2.24, 2.45) is 5.41 Å². The Labute approximate surface area is 133 Å². The van der Waals surface area contributed by atoms with E-state index in [9.17, 15) is 4.79 Å². The molecular weight excluding hydrogens is 284 g/mol. The first-order valence-corrected chi connectivity index (χ1v) is 7.75. The zero-order valence-electron chi connectivity index (χ0n) is 12.7. The van der Waals surface area contributed by atoms with Crippen LogP contribution in [0.15, 0.2) is 24.3 Å². The Morgan fingerprint density at radius 3 is 2.19 bits per heavy atom. The van der Waals surface area contributed by atoms with Gasteiger partial charge in [0.15, 0.2) is 0 Å². The van der Waals surface area contributed by atoms with E-state index in [4.69, 9.17) is 0 Å². The number of nitrogens with zero attached hydrogens (tertiary/aromatic N) is 1. The third-order valence-electron chi connectivity index (χ3n) is 5.07. The minimum Gasteiger partial charge on any atom is -0.339 e. The van der Waals surface area contributed by atoms with Crippen molar-refractivity contribution in [3.63, 3.8) is 0 Å². The van der Waals surface area contributed by atoms with Crippen molar-refractivity contribution in [2.75, 3.05) is 26.2 Å². The van der Waals surface area contributed by atoms with Gasteiger partial charge >= 0.3 is 0 Å². The molecule has 0 saturated carbocycles. The average Bonchev–Trinajstić information content (AvgIpc) is 2.49. The SMILES string of the molecule is Cc1ccc(C(=O)N2CCC3(CCNCC3)CC2)cc1.Cl. The topological polar surface area (TPSA) is 32.3 Å². The molecule has 0 aromatic heterocycles. The van der Waals surface area contributed by atoms with E-state index in [2.05, 4.69) is 12.2 Å². The Bertz CT molecular complexity index is 470. The van der Waals surface area contributed by atoms with Gasteiger partial charge in [0.1, 0.15) is 0 Å². The fourth-order valence-electron chi connectivity index (χ4n) is 3.52. The molecule has 2 saturated heterocycles. The first-order chi connectivity index (χ1) is 9.69. The molecule has 0 unspecified atom stereocenters. The molecule has 3 rings (SSSR count). The zero-order chi connectivity index (χ0) is 14.0. The van der Waals surface area contributed by atoms with E-state index in [0.717, 1.165) is 31.7 Å². The van der Waals surface area contributed by atoms with Crippen LogP contribution in [-0.2, 0) is 0 Å². The minimum absolute atomic E-state index is 0. The van der Waals surface area contributed by atoms with Crippen molar-refractivity contribution >= 4 is 18.3 Å². The van der Waals surface area contributed by atoms with Gasteiger partial charge in [-0.3, -0.25) is 4.79 Å². The molecule has 2 aliphatic rings. The third-order valence-corrected chi connectivity index (χ3v) is 5.07. The molecule has 2 aliphatic heterocycles. The van der Waals surface area contributed by atoms with Crippen molar-refractivity contribution in [1.82, 2.24) is 10.2 Å². The Hall–Kier alpha value is -1.06. The zero-order valence-corrected chi connectivity index (χ0v) is 13.5. The molecule has 2 fully saturated rings.